The maximum absolute atomic E-state index is 11.2. The van der Waals surface area contributed by atoms with Gasteiger partial charge in [0.2, 0.25) is 5.91 Å². The minimum absolute atomic E-state index is 0.171. The van der Waals surface area contributed by atoms with Gasteiger partial charge in [0.25, 0.3) is 0 Å². The quantitative estimate of drug-likeness (QED) is 0.856. The first-order valence-corrected chi connectivity index (χ1v) is 5.61. The number of carboxylic acids is 1. The number of primary amides is 1. The average Bonchev–Trinajstić information content (AvgIpc) is 2.68. The first-order valence-electron chi connectivity index (χ1n) is 5.61. The average molecular weight is 246 g/mol. The van der Waals surface area contributed by atoms with Crippen molar-refractivity contribution in [1.29, 1.82) is 0 Å². The van der Waals surface area contributed by atoms with Crippen molar-refractivity contribution in [1.82, 2.24) is 4.57 Å². The number of rotatable bonds is 4. The van der Waals surface area contributed by atoms with Crippen LogP contribution >= 0.6 is 0 Å². The van der Waals surface area contributed by atoms with E-state index in [0.29, 0.717) is 0 Å². The summed E-state index contributed by atoms with van der Waals surface area (Å²) in [5.41, 5.74) is 6.19. The number of benzene rings is 1. The molecule has 0 saturated carbocycles. The Morgan fingerprint density at radius 2 is 2.06 bits per heavy atom. The second-order valence-electron chi connectivity index (χ2n) is 4.31. The van der Waals surface area contributed by atoms with Crippen molar-refractivity contribution in [3.63, 3.8) is 0 Å². The number of nitrogens with two attached hydrogens (primary N) is 1. The van der Waals surface area contributed by atoms with Crippen LogP contribution in [0.1, 0.15) is 17.4 Å². The normalized spacial score (nSPS) is 12.5. The molecule has 1 aromatic carbocycles. The molecule has 94 valence electrons. The molecule has 0 fully saturated rings. The standard InChI is InChI=1S/C13H14N2O3/c1-8(12(14)16)7-15-10-5-3-2-4-9(10)6-11(15)13(17)18/h2-6,8H,7H2,1H3,(H2,14,16)(H,17,18). The monoisotopic (exact) mass is 246 g/mol. The van der Waals surface area contributed by atoms with Gasteiger partial charge in [-0.05, 0) is 12.1 Å². The van der Waals surface area contributed by atoms with Crippen LogP contribution in [0.2, 0.25) is 0 Å². The number of carboxylic acid groups (broad SMARTS) is 1. The first kappa shape index (κ1) is 12.2. The molecule has 0 radical (unpaired) electrons. The number of aromatic carboxylic acids is 1. The smallest absolute Gasteiger partial charge is 0.352 e. The number of nitrogens with zero attached hydrogens (tertiary/aromatic N) is 1. The Labute approximate surface area is 104 Å². The summed E-state index contributed by atoms with van der Waals surface area (Å²) in [6.45, 7) is 1.95. The Hall–Kier alpha value is -2.30. The van der Waals surface area contributed by atoms with Crippen molar-refractivity contribution in [3.05, 3.63) is 36.0 Å². The highest BCUT2D eigenvalue weighted by atomic mass is 16.4. The molecule has 0 aliphatic heterocycles. The fourth-order valence-electron chi connectivity index (χ4n) is 1.95. The summed E-state index contributed by atoms with van der Waals surface area (Å²) >= 11 is 0. The number of para-hydroxylation sites is 1. The third-order valence-corrected chi connectivity index (χ3v) is 2.97. The van der Waals surface area contributed by atoms with E-state index in [-0.39, 0.29) is 12.2 Å². The predicted octanol–water partition coefficient (Wildman–Crippen LogP) is 1.46. The van der Waals surface area contributed by atoms with Crippen molar-refractivity contribution in [2.45, 2.75) is 13.5 Å². The fourth-order valence-corrected chi connectivity index (χ4v) is 1.95. The molecular formula is C13H14N2O3. The second-order valence-corrected chi connectivity index (χ2v) is 4.31. The number of carbonyl (C=O) groups excluding carboxylic acids is 1. The lowest BCUT2D eigenvalue weighted by Gasteiger charge is -2.12. The molecule has 5 nitrogen and oxygen atoms in total. The van der Waals surface area contributed by atoms with Gasteiger partial charge in [0, 0.05) is 17.4 Å². The van der Waals surface area contributed by atoms with Crippen LogP contribution in [0.25, 0.3) is 10.9 Å². The molecule has 0 aliphatic carbocycles. The van der Waals surface area contributed by atoms with E-state index in [9.17, 15) is 14.7 Å². The van der Waals surface area contributed by atoms with Gasteiger partial charge in [-0.15, -0.1) is 0 Å². The summed E-state index contributed by atoms with van der Waals surface area (Å²) in [6, 6.07) is 8.95. The van der Waals surface area contributed by atoms with Crippen LogP contribution in [0, 0.1) is 5.92 Å². The van der Waals surface area contributed by atoms with Crippen molar-refractivity contribution in [2.24, 2.45) is 11.7 Å². The Morgan fingerprint density at radius 1 is 1.39 bits per heavy atom. The lowest BCUT2D eigenvalue weighted by Crippen LogP contribution is -2.25. The third kappa shape index (κ3) is 2.07. The van der Waals surface area contributed by atoms with Gasteiger partial charge in [0.1, 0.15) is 5.69 Å². The van der Waals surface area contributed by atoms with Crippen molar-refractivity contribution < 1.29 is 14.7 Å². The number of hydrogen-bond donors (Lipinski definition) is 2. The molecule has 3 N–H and O–H groups in total. The second kappa shape index (κ2) is 4.52. The van der Waals surface area contributed by atoms with E-state index >= 15 is 0 Å². The summed E-state index contributed by atoms with van der Waals surface area (Å²) in [5, 5.41) is 10.0. The first-order chi connectivity index (χ1) is 8.50. The minimum atomic E-state index is -1.01. The SMILES string of the molecule is CC(Cn1c(C(=O)O)cc2ccccc21)C(N)=O. The van der Waals surface area contributed by atoms with Crippen LogP contribution in [-0.4, -0.2) is 21.6 Å². The predicted molar refractivity (Wildman–Crippen MR) is 67.3 cm³/mol. The van der Waals surface area contributed by atoms with Crippen LogP contribution in [0.15, 0.2) is 30.3 Å². The molecule has 1 heterocycles. The van der Waals surface area contributed by atoms with Crippen LogP contribution in [0.4, 0.5) is 0 Å². The molecule has 5 heteroatoms. The van der Waals surface area contributed by atoms with E-state index in [1.165, 1.54) is 0 Å². The number of carbonyl (C=O) groups is 2. The molecule has 2 aromatic rings. The van der Waals surface area contributed by atoms with Crippen molar-refractivity contribution in [3.8, 4) is 0 Å². The molecule has 0 saturated heterocycles. The van der Waals surface area contributed by atoms with Gasteiger partial charge < -0.3 is 15.4 Å². The third-order valence-electron chi connectivity index (χ3n) is 2.97. The Kier molecular flexibility index (Phi) is 3.06. The molecule has 0 bridgehead atoms. The summed E-state index contributed by atoms with van der Waals surface area (Å²) in [6.07, 6.45) is 0. The molecule has 1 unspecified atom stereocenters. The van der Waals surface area contributed by atoms with E-state index in [2.05, 4.69) is 0 Å². The minimum Gasteiger partial charge on any atom is -0.477 e. The highest BCUT2D eigenvalue weighted by Gasteiger charge is 2.18. The van der Waals surface area contributed by atoms with Gasteiger partial charge in [0.05, 0.1) is 5.92 Å². The topological polar surface area (TPSA) is 85.3 Å². The van der Waals surface area contributed by atoms with E-state index in [1.807, 2.05) is 24.3 Å². The largest absolute Gasteiger partial charge is 0.477 e. The number of aromatic nitrogens is 1. The van der Waals surface area contributed by atoms with E-state index in [0.717, 1.165) is 10.9 Å². The molecule has 2 rings (SSSR count). The molecular weight excluding hydrogens is 232 g/mol. The highest BCUT2D eigenvalue weighted by Crippen LogP contribution is 2.21. The summed E-state index contributed by atoms with van der Waals surface area (Å²) < 4.78 is 1.62. The maximum Gasteiger partial charge on any atom is 0.352 e. The van der Waals surface area contributed by atoms with Gasteiger partial charge in [-0.2, -0.15) is 0 Å². The van der Waals surface area contributed by atoms with Gasteiger partial charge in [-0.25, -0.2) is 4.79 Å². The summed E-state index contributed by atoms with van der Waals surface area (Å²) in [4.78, 5) is 22.3. The molecule has 1 amide bonds. The maximum atomic E-state index is 11.2. The van der Waals surface area contributed by atoms with Gasteiger partial charge in [0.15, 0.2) is 0 Å². The van der Waals surface area contributed by atoms with E-state index in [1.54, 1.807) is 17.6 Å². The van der Waals surface area contributed by atoms with E-state index < -0.39 is 17.8 Å². The molecule has 1 atom stereocenters. The van der Waals surface area contributed by atoms with Crippen molar-refractivity contribution in [2.75, 3.05) is 0 Å². The molecule has 1 aromatic heterocycles. The zero-order chi connectivity index (χ0) is 13.3. The number of hydrogen-bond acceptors (Lipinski definition) is 2. The number of amides is 1. The Balaban J connectivity index is 2.55. The van der Waals surface area contributed by atoms with Crippen LogP contribution < -0.4 is 5.73 Å². The van der Waals surface area contributed by atoms with Crippen molar-refractivity contribution >= 4 is 22.8 Å². The molecule has 0 aliphatic rings. The molecule has 0 spiro atoms. The lowest BCUT2D eigenvalue weighted by molar-refractivity contribution is -0.121. The lowest BCUT2D eigenvalue weighted by atomic mass is 10.1. The summed E-state index contributed by atoms with van der Waals surface area (Å²) in [7, 11) is 0. The fraction of sp³-hybridized carbons (Fsp3) is 0.231. The summed E-state index contributed by atoms with van der Waals surface area (Å²) in [5.74, 6) is -1.87. The van der Waals surface area contributed by atoms with Crippen LogP contribution in [0.5, 0.6) is 0 Å². The van der Waals surface area contributed by atoms with Gasteiger partial charge >= 0.3 is 5.97 Å². The zero-order valence-corrected chi connectivity index (χ0v) is 9.96. The zero-order valence-electron chi connectivity index (χ0n) is 9.96. The van der Waals surface area contributed by atoms with E-state index in [4.69, 9.17) is 5.73 Å². The van der Waals surface area contributed by atoms with Crippen LogP contribution in [-0.2, 0) is 11.3 Å². The Morgan fingerprint density at radius 3 is 2.67 bits per heavy atom. The van der Waals surface area contributed by atoms with Gasteiger partial charge in [-0.3, -0.25) is 4.79 Å². The molecule has 18 heavy (non-hydrogen) atoms. The van der Waals surface area contributed by atoms with Crippen LogP contribution in [0.3, 0.4) is 0 Å². The Bertz CT molecular complexity index is 616. The highest BCUT2D eigenvalue weighted by molar-refractivity contribution is 5.94. The van der Waals surface area contributed by atoms with Gasteiger partial charge in [-0.1, -0.05) is 25.1 Å². The number of fused-ring (bicyclic) bond motifs is 1.